The number of ether oxygens (including phenoxy) is 2. The van der Waals surface area contributed by atoms with Gasteiger partial charge in [0, 0.05) is 5.56 Å². The molecule has 6 nitrogen and oxygen atoms in total. The van der Waals surface area contributed by atoms with Crippen LogP contribution < -0.4 is 4.84 Å². The Labute approximate surface area is 104 Å². The SMILES string of the molecule is COC(=O)N1Oc2ccccc2CC(=O)OC1C. The number of methoxy groups -OCH3 is 1. The molecule has 0 saturated heterocycles. The second-order valence-corrected chi connectivity index (χ2v) is 3.76. The molecule has 96 valence electrons. The van der Waals surface area contributed by atoms with Crippen LogP contribution in [0.2, 0.25) is 0 Å². The van der Waals surface area contributed by atoms with Crippen LogP contribution in [0, 0.1) is 0 Å². The van der Waals surface area contributed by atoms with Gasteiger partial charge in [-0.25, -0.2) is 4.79 Å². The molecule has 18 heavy (non-hydrogen) atoms. The monoisotopic (exact) mass is 251 g/mol. The fourth-order valence-corrected chi connectivity index (χ4v) is 1.63. The minimum absolute atomic E-state index is 0.107. The lowest BCUT2D eigenvalue weighted by molar-refractivity contribution is -0.185. The average Bonchev–Trinajstić information content (AvgIpc) is 2.34. The van der Waals surface area contributed by atoms with Crippen molar-refractivity contribution in [3.05, 3.63) is 29.8 Å². The summed E-state index contributed by atoms with van der Waals surface area (Å²) in [5.41, 5.74) is 0.656. The summed E-state index contributed by atoms with van der Waals surface area (Å²) in [7, 11) is 1.23. The van der Waals surface area contributed by atoms with E-state index in [0.717, 1.165) is 5.06 Å². The van der Waals surface area contributed by atoms with Gasteiger partial charge in [-0.05, 0) is 13.0 Å². The third-order valence-corrected chi connectivity index (χ3v) is 2.49. The van der Waals surface area contributed by atoms with Gasteiger partial charge in [-0.1, -0.05) is 23.3 Å². The van der Waals surface area contributed by atoms with Gasteiger partial charge in [-0.15, -0.1) is 0 Å². The molecule has 6 heteroatoms. The number of nitrogens with zero attached hydrogens (tertiary/aromatic N) is 1. The molecule has 1 unspecified atom stereocenters. The minimum atomic E-state index is -0.849. The van der Waals surface area contributed by atoms with E-state index in [2.05, 4.69) is 4.74 Å². The molecule has 1 aliphatic rings. The summed E-state index contributed by atoms with van der Waals surface area (Å²) in [6, 6.07) is 6.95. The standard InChI is InChI=1S/C12H13NO5/c1-8-13(12(15)16-2)18-10-6-4-3-5-9(10)7-11(14)17-8/h3-6,8H,7H2,1-2H3. The van der Waals surface area contributed by atoms with Gasteiger partial charge in [-0.3, -0.25) is 4.79 Å². The van der Waals surface area contributed by atoms with Crippen LogP contribution in [0.4, 0.5) is 4.79 Å². The summed E-state index contributed by atoms with van der Waals surface area (Å²) in [6.45, 7) is 1.53. The number of para-hydroxylation sites is 1. The van der Waals surface area contributed by atoms with Crippen molar-refractivity contribution in [3.63, 3.8) is 0 Å². The Morgan fingerprint density at radius 1 is 1.44 bits per heavy atom. The number of benzene rings is 1. The fourth-order valence-electron chi connectivity index (χ4n) is 1.63. The van der Waals surface area contributed by atoms with Gasteiger partial charge >= 0.3 is 12.1 Å². The van der Waals surface area contributed by atoms with Crippen molar-refractivity contribution in [1.29, 1.82) is 0 Å². The second-order valence-electron chi connectivity index (χ2n) is 3.76. The molecule has 1 heterocycles. The van der Waals surface area contributed by atoms with Gasteiger partial charge < -0.3 is 14.3 Å². The Morgan fingerprint density at radius 3 is 2.89 bits per heavy atom. The van der Waals surface area contributed by atoms with Crippen molar-refractivity contribution >= 4 is 12.1 Å². The number of hydroxylamine groups is 2. The number of cyclic esters (lactones) is 1. The van der Waals surface area contributed by atoms with Crippen molar-refractivity contribution in [2.75, 3.05) is 7.11 Å². The Kier molecular flexibility index (Phi) is 3.36. The van der Waals surface area contributed by atoms with Crippen LogP contribution in [-0.4, -0.2) is 30.5 Å². The molecule has 0 N–H and O–H groups in total. The first-order valence-electron chi connectivity index (χ1n) is 5.44. The van der Waals surface area contributed by atoms with E-state index in [1.54, 1.807) is 24.3 Å². The highest BCUT2D eigenvalue weighted by molar-refractivity contribution is 5.75. The molecule has 0 aliphatic carbocycles. The van der Waals surface area contributed by atoms with E-state index in [0.29, 0.717) is 11.3 Å². The summed E-state index contributed by atoms with van der Waals surface area (Å²) >= 11 is 0. The molecule has 0 aromatic heterocycles. The summed E-state index contributed by atoms with van der Waals surface area (Å²) in [5.74, 6) is 0.0125. The van der Waals surface area contributed by atoms with Crippen LogP contribution in [0.1, 0.15) is 12.5 Å². The van der Waals surface area contributed by atoms with Gasteiger partial charge in [0.1, 0.15) is 0 Å². The molecular weight excluding hydrogens is 238 g/mol. The number of fused-ring (bicyclic) bond motifs is 1. The van der Waals surface area contributed by atoms with E-state index in [-0.39, 0.29) is 6.42 Å². The van der Waals surface area contributed by atoms with Crippen LogP contribution in [0.15, 0.2) is 24.3 Å². The van der Waals surface area contributed by atoms with Gasteiger partial charge in [-0.2, -0.15) is 0 Å². The van der Waals surface area contributed by atoms with Gasteiger partial charge in [0.25, 0.3) is 0 Å². The Hall–Kier alpha value is -2.24. The predicted molar refractivity (Wildman–Crippen MR) is 60.6 cm³/mol. The topological polar surface area (TPSA) is 65.1 Å². The van der Waals surface area contributed by atoms with Crippen LogP contribution in [0.3, 0.4) is 0 Å². The van der Waals surface area contributed by atoms with E-state index in [9.17, 15) is 9.59 Å². The number of rotatable bonds is 0. The molecule has 0 fully saturated rings. The van der Waals surface area contributed by atoms with E-state index in [4.69, 9.17) is 9.57 Å². The normalized spacial score (nSPS) is 18.9. The molecule has 0 bridgehead atoms. The highest BCUT2D eigenvalue weighted by Gasteiger charge is 2.30. The summed E-state index contributed by atoms with van der Waals surface area (Å²) in [6.07, 6.45) is -1.47. The molecule has 2 rings (SSSR count). The highest BCUT2D eigenvalue weighted by Crippen LogP contribution is 2.24. The molecule has 0 spiro atoms. The lowest BCUT2D eigenvalue weighted by Crippen LogP contribution is -2.45. The fraction of sp³-hybridized carbons (Fsp3) is 0.333. The first-order valence-corrected chi connectivity index (χ1v) is 5.44. The Morgan fingerprint density at radius 2 is 2.17 bits per heavy atom. The molecule has 1 amide bonds. The molecule has 0 saturated carbocycles. The van der Waals surface area contributed by atoms with E-state index in [1.807, 2.05) is 0 Å². The molecule has 0 radical (unpaired) electrons. The Bertz CT molecular complexity index is 473. The van der Waals surface area contributed by atoms with Gasteiger partial charge in [0.05, 0.1) is 13.5 Å². The van der Waals surface area contributed by atoms with E-state index in [1.165, 1.54) is 14.0 Å². The van der Waals surface area contributed by atoms with Crippen LogP contribution in [-0.2, 0) is 20.7 Å². The average molecular weight is 251 g/mol. The lowest BCUT2D eigenvalue weighted by atomic mass is 10.1. The third kappa shape index (κ3) is 2.37. The molecule has 1 aliphatic heterocycles. The largest absolute Gasteiger partial charge is 0.451 e. The van der Waals surface area contributed by atoms with Crippen molar-refractivity contribution in [1.82, 2.24) is 5.06 Å². The minimum Gasteiger partial charge on any atom is -0.451 e. The van der Waals surface area contributed by atoms with Crippen molar-refractivity contribution in [2.45, 2.75) is 19.6 Å². The Balaban J connectivity index is 2.36. The quantitative estimate of drug-likeness (QED) is 0.654. The predicted octanol–water partition coefficient (Wildman–Crippen LogP) is 1.49. The number of hydrogen-bond acceptors (Lipinski definition) is 5. The van der Waals surface area contributed by atoms with Crippen molar-refractivity contribution in [3.8, 4) is 5.75 Å². The molecular formula is C12H13NO5. The maximum atomic E-state index is 11.6. The first kappa shape index (κ1) is 12.2. The number of amides is 1. The summed E-state index contributed by atoms with van der Waals surface area (Å²) in [5, 5.41) is 0.885. The van der Waals surface area contributed by atoms with Gasteiger partial charge in [0.2, 0.25) is 6.23 Å². The number of carbonyl (C=O) groups is 2. The van der Waals surface area contributed by atoms with E-state index >= 15 is 0 Å². The first-order chi connectivity index (χ1) is 8.61. The summed E-state index contributed by atoms with van der Waals surface area (Å²) in [4.78, 5) is 28.6. The van der Waals surface area contributed by atoms with Crippen LogP contribution in [0.25, 0.3) is 0 Å². The zero-order valence-corrected chi connectivity index (χ0v) is 10.1. The lowest BCUT2D eigenvalue weighted by Gasteiger charge is -2.29. The zero-order valence-electron chi connectivity index (χ0n) is 10.1. The summed E-state index contributed by atoms with van der Waals surface area (Å²) < 4.78 is 9.62. The number of esters is 1. The molecule has 1 aromatic rings. The highest BCUT2D eigenvalue weighted by atomic mass is 16.8. The maximum absolute atomic E-state index is 11.6. The number of carbonyl (C=O) groups excluding carboxylic acids is 2. The van der Waals surface area contributed by atoms with Crippen LogP contribution >= 0.6 is 0 Å². The van der Waals surface area contributed by atoms with Crippen LogP contribution in [0.5, 0.6) is 5.75 Å². The van der Waals surface area contributed by atoms with Crippen molar-refractivity contribution in [2.24, 2.45) is 0 Å². The van der Waals surface area contributed by atoms with E-state index < -0.39 is 18.3 Å². The zero-order chi connectivity index (χ0) is 13.1. The third-order valence-electron chi connectivity index (χ3n) is 2.49. The molecule has 1 atom stereocenters. The van der Waals surface area contributed by atoms with Gasteiger partial charge in [0.15, 0.2) is 5.75 Å². The smallest absolute Gasteiger partial charge is 0.446 e. The maximum Gasteiger partial charge on any atom is 0.446 e. The van der Waals surface area contributed by atoms with Crippen molar-refractivity contribution < 1.29 is 23.9 Å². The molecule has 1 aromatic carbocycles. The second kappa shape index (κ2) is 4.95. The number of hydrogen-bond donors (Lipinski definition) is 0.